The largest absolute Gasteiger partial charge is 0.348 e. The molecule has 1 aromatic heterocycles. The summed E-state index contributed by atoms with van der Waals surface area (Å²) in [6.45, 7) is 5.52. The van der Waals surface area contributed by atoms with Crippen molar-refractivity contribution in [3.05, 3.63) is 11.1 Å². The van der Waals surface area contributed by atoms with Crippen molar-refractivity contribution in [3.63, 3.8) is 0 Å². The third-order valence-electron chi connectivity index (χ3n) is 4.31. The van der Waals surface area contributed by atoms with Gasteiger partial charge < -0.3 is 10.2 Å². The number of anilines is 1. The van der Waals surface area contributed by atoms with Crippen LogP contribution in [-0.2, 0) is 0 Å². The van der Waals surface area contributed by atoms with Crippen molar-refractivity contribution >= 4 is 16.5 Å². The van der Waals surface area contributed by atoms with Crippen molar-refractivity contribution < 1.29 is 0 Å². The predicted molar refractivity (Wildman–Crippen MR) is 88.7 cm³/mol. The minimum absolute atomic E-state index is 0.420. The number of rotatable bonds is 6. The average Bonchev–Trinajstić information content (AvgIpc) is 2.80. The number of thiazole rings is 1. The maximum absolute atomic E-state index is 4.66. The van der Waals surface area contributed by atoms with E-state index in [9.17, 15) is 0 Å². The lowest BCUT2D eigenvalue weighted by atomic mass is 10.1. The Bertz CT molecular complexity index is 383. The van der Waals surface area contributed by atoms with Crippen LogP contribution in [0.4, 0.5) is 5.13 Å². The van der Waals surface area contributed by atoms with E-state index in [1.165, 1.54) is 55.0 Å². The normalized spacial score (nSPS) is 18.8. The Morgan fingerprint density at radius 1 is 1.35 bits per heavy atom. The quantitative estimate of drug-likeness (QED) is 0.790. The SMILES string of the molecule is CCCNC(C)c1cnc(N(C)C2CCCCCC2)s1. The molecule has 1 saturated carbocycles. The lowest BCUT2D eigenvalue weighted by Crippen LogP contribution is -2.30. The van der Waals surface area contributed by atoms with E-state index in [2.05, 4.69) is 42.3 Å². The van der Waals surface area contributed by atoms with Crippen LogP contribution in [0.25, 0.3) is 0 Å². The Morgan fingerprint density at radius 3 is 2.70 bits per heavy atom. The van der Waals surface area contributed by atoms with Gasteiger partial charge in [0.05, 0.1) is 0 Å². The minimum atomic E-state index is 0.420. The molecule has 0 amide bonds. The lowest BCUT2D eigenvalue weighted by molar-refractivity contribution is 0.552. The van der Waals surface area contributed by atoms with Gasteiger partial charge in [-0.1, -0.05) is 32.6 Å². The summed E-state index contributed by atoms with van der Waals surface area (Å²) in [6, 6.07) is 1.11. The standard InChI is InChI=1S/C16H29N3S/c1-4-11-17-13(2)15-12-18-16(20-15)19(3)14-9-7-5-6-8-10-14/h12-14,17H,4-11H2,1-3H3. The third-order valence-corrected chi connectivity index (χ3v) is 5.58. The van der Waals surface area contributed by atoms with Crippen molar-refractivity contribution in [2.45, 2.75) is 70.9 Å². The molecule has 1 heterocycles. The van der Waals surface area contributed by atoms with Gasteiger partial charge in [-0.25, -0.2) is 4.98 Å². The van der Waals surface area contributed by atoms with Crippen LogP contribution in [0.3, 0.4) is 0 Å². The van der Waals surface area contributed by atoms with E-state index in [0.29, 0.717) is 12.1 Å². The molecule has 114 valence electrons. The highest BCUT2D eigenvalue weighted by Crippen LogP contribution is 2.30. The highest BCUT2D eigenvalue weighted by molar-refractivity contribution is 7.15. The van der Waals surface area contributed by atoms with E-state index in [4.69, 9.17) is 0 Å². The average molecular weight is 295 g/mol. The van der Waals surface area contributed by atoms with E-state index >= 15 is 0 Å². The maximum Gasteiger partial charge on any atom is 0.185 e. The summed E-state index contributed by atoms with van der Waals surface area (Å²) in [5.41, 5.74) is 0. The molecule has 1 unspecified atom stereocenters. The molecular formula is C16H29N3S. The molecule has 1 aliphatic carbocycles. The van der Waals surface area contributed by atoms with Crippen LogP contribution in [0.1, 0.15) is 69.7 Å². The topological polar surface area (TPSA) is 28.2 Å². The zero-order valence-corrected chi connectivity index (χ0v) is 14.0. The van der Waals surface area contributed by atoms with Crippen LogP contribution in [0.5, 0.6) is 0 Å². The number of nitrogens with zero attached hydrogens (tertiary/aromatic N) is 2. The molecular weight excluding hydrogens is 266 g/mol. The summed E-state index contributed by atoms with van der Waals surface area (Å²) in [5.74, 6) is 0. The smallest absolute Gasteiger partial charge is 0.185 e. The predicted octanol–water partition coefficient (Wildman–Crippen LogP) is 4.36. The number of hydrogen-bond donors (Lipinski definition) is 1. The Hall–Kier alpha value is -0.610. The van der Waals surface area contributed by atoms with Gasteiger partial charge in [-0.3, -0.25) is 0 Å². The van der Waals surface area contributed by atoms with Crippen molar-refractivity contribution in [1.82, 2.24) is 10.3 Å². The van der Waals surface area contributed by atoms with E-state index < -0.39 is 0 Å². The summed E-state index contributed by atoms with van der Waals surface area (Å²) in [6.07, 6.45) is 11.5. The second-order valence-corrected chi connectivity index (χ2v) is 7.02. The molecule has 1 aliphatic rings. The second-order valence-electron chi connectivity index (χ2n) is 5.98. The molecule has 1 atom stereocenters. The van der Waals surface area contributed by atoms with Crippen molar-refractivity contribution in [2.24, 2.45) is 0 Å². The molecule has 0 aliphatic heterocycles. The fraction of sp³-hybridized carbons (Fsp3) is 0.812. The van der Waals surface area contributed by atoms with Gasteiger partial charge in [0, 0.05) is 30.2 Å². The van der Waals surface area contributed by atoms with E-state index in [-0.39, 0.29) is 0 Å². The van der Waals surface area contributed by atoms with Crippen LogP contribution in [-0.4, -0.2) is 24.6 Å². The van der Waals surface area contributed by atoms with Gasteiger partial charge >= 0.3 is 0 Å². The summed E-state index contributed by atoms with van der Waals surface area (Å²) >= 11 is 1.85. The van der Waals surface area contributed by atoms with Gasteiger partial charge in [0.15, 0.2) is 5.13 Å². The van der Waals surface area contributed by atoms with Gasteiger partial charge in [-0.2, -0.15) is 0 Å². The van der Waals surface area contributed by atoms with Gasteiger partial charge in [0.2, 0.25) is 0 Å². The van der Waals surface area contributed by atoms with Gasteiger partial charge in [0.25, 0.3) is 0 Å². The number of aromatic nitrogens is 1. The molecule has 0 aromatic carbocycles. The number of hydrogen-bond acceptors (Lipinski definition) is 4. The fourth-order valence-corrected chi connectivity index (χ4v) is 3.88. The Balaban J connectivity index is 1.96. The first-order valence-electron chi connectivity index (χ1n) is 8.14. The first-order valence-corrected chi connectivity index (χ1v) is 8.96. The maximum atomic E-state index is 4.66. The Morgan fingerprint density at radius 2 is 2.05 bits per heavy atom. The van der Waals surface area contributed by atoms with Gasteiger partial charge in [-0.15, -0.1) is 11.3 Å². The fourth-order valence-electron chi connectivity index (χ4n) is 2.90. The van der Waals surface area contributed by atoms with Crippen molar-refractivity contribution in [1.29, 1.82) is 0 Å². The summed E-state index contributed by atoms with van der Waals surface area (Å²) in [7, 11) is 2.22. The zero-order valence-electron chi connectivity index (χ0n) is 13.2. The van der Waals surface area contributed by atoms with Crippen LogP contribution >= 0.6 is 11.3 Å². The van der Waals surface area contributed by atoms with Gasteiger partial charge in [0.1, 0.15) is 0 Å². The molecule has 20 heavy (non-hydrogen) atoms. The molecule has 4 heteroatoms. The molecule has 1 aromatic rings. The number of nitrogens with one attached hydrogen (secondary N) is 1. The monoisotopic (exact) mass is 295 g/mol. The Kier molecular flexibility index (Phi) is 6.30. The van der Waals surface area contributed by atoms with Crippen LogP contribution in [0.15, 0.2) is 6.20 Å². The third kappa shape index (κ3) is 4.19. The van der Waals surface area contributed by atoms with Gasteiger partial charge in [-0.05, 0) is 32.7 Å². The zero-order chi connectivity index (χ0) is 14.4. The molecule has 0 spiro atoms. The molecule has 3 nitrogen and oxygen atoms in total. The van der Waals surface area contributed by atoms with E-state index in [1.807, 2.05) is 11.3 Å². The van der Waals surface area contributed by atoms with Crippen molar-refractivity contribution in [2.75, 3.05) is 18.5 Å². The lowest BCUT2D eigenvalue weighted by Gasteiger charge is -2.26. The van der Waals surface area contributed by atoms with E-state index in [0.717, 1.165) is 6.54 Å². The first kappa shape index (κ1) is 15.8. The molecule has 1 fully saturated rings. The summed E-state index contributed by atoms with van der Waals surface area (Å²) in [5, 5.41) is 4.73. The van der Waals surface area contributed by atoms with Crippen LogP contribution < -0.4 is 10.2 Å². The highest BCUT2D eigenvalue weighted by atomic mass is 32.1. The molecule has 0 bridgehead atoms. The first-order chi connectivity index (χ1) is 9.72. The summed E-state index contributed by atoms with van der Waals surface area (Å²) < 4.78 is 0. The van der Waals surface area contributed by atoms with Crippen LogP contribution in [0.2, 0.25) is 0 Å². The molecule has 0 saturated heterocycles. The summed E-state index contributed by atoms with van der Waals surface area (Å²) in [4.78, 5) is 8.43. The highest BCUT2D eigenvalue weighted by Gasteiger charge is 2.20. The molecule has 2 rings (SSSR count). The molecule has 1 N–H and O–H groups in total. The second kappa shape index (κ2) is 7.99. The van der Waals surface area contributed by atoms with Crippen LogP contribution in [0, 0.1) is 0 Å². The van der Waals surface area contributed by atoms with E-state index in [1.54, 1.807) is 0 Å². The van der Waals surface area contributed by atoms with Crippen molar-refractivity contribution in [3.8, 4) is 0 Å². The minimum Gasteiger partial charge on any atom is -0.348 e. The Labute approximate surface area is 127 Å². The molecule has 0 radical (unpaired) electrons.